The van der Waals surface area contributed by atoms with E-state index in [4.69, 9.17) is 4.74 Å². The molecule has 0 saturated heterocycles. The summed E-state index contributed by atoms with van der Waals surface area (Å²) in [5.41, 5.74) is 2.74. The summed E-state index contributed by atoms with van der Waals surface area (Å²) < 4.78 is 20.9. The predicted molar refractivity (Wildman–Crippen MR) is 164 cm³/mol. The predicted octanol–water partition coefficient (Wildman–Crippen LogP) is 6.29. The SMILES string of the molecule is COCCCN(CC(=O)N(Cc1ccccc1)Cc1cccn1Cc1ccc(F)cc1)C(=O)C12CC3CC(CC(C3)C1)C2. The third kappa shape index (κ3) is 6.87. The first kappa shape index (κ1) is 29.6. The van der Waals surface area contributed by atoms with Crippen LogP contribution in [-0.2, 0) is 34.0 Å². The summed E-state index contributed by atoms with van der Waals surface area (Å²) in [4.78, 5) is 32.3. The van der Waals surface area contributed by atoms with Crippen LogP contribution in [-0.4, -0.2) is 53.0 Å². The third-order valence-electron chi connectivity index (χ3n) is 9.99. The lowest BCUT2D eigenvalue weighted by molar-refractivity contribution is -0.160. The Morgan fingerprint density at radius 1 is 0.860 bits per heavy atom. The van der Waals surface area contributed by atoms with E-state index in [-0.39, 0.29) is 29.6 Å². The molecular weight excluding hydrogens is 541 g/mol. The average molecular weight is 586 g/mol. The van der Waals surface area contributed by atoms with Crippen molar-refractivity contribution >= 4 is 11.8 Å². The lowest BCUT2D eigenvalue weighted by Gasteiger charge is -2.56. The van der Waals surface area contributed by atoms with Gasteiger partial charge in [0.1, 0.15) is 5.82 Å². The van der Waals surface area contributed by atoms with Gasteiger partial charge in [-0.15, -0.1) is 0 Å². The van der Waals surface area contributed by atoms with Crippen LogP contribution in [0.3, 0.4) is 0 Å². The van der Waals surface area contributed by atoms with Gasteiger partial charge in [-0.25, -0.2) is 4.39 Å². The van der Waals surface area contributed by atoms with Gasteiger partial charge < -0.3 is 19.1 Å². The van der Waals surface area contributed by atoms with Crippen LogP contribution in [0.4, 0.5) is 4.39 Å². The fraction of sp³-hybridized carbons (Fsp3) is 0.500. The summed E-state index contributed by atoms with van der Waals surface area (Å²) in [5.74, 6) is 1.87. The Balaban J connectivity index is 1.22. The van der Waals surface area contributed by atoms with E-state index in [0.717, 1.165) is 36.1 Å². The maximum Gasteiger partial charge on any atom is 0.242 e. The first-order chi connectivity index (χ1) is 20.9. The van der Waals surface area contributed by atoms with Crippen molar-refractivity contribution in [2.24, 2.45) is 23.2 Å². The van der Waals surface area contributed by atoms with Gasteiger partial charge in [0, 0.05) is 45.2 Å². The van der Waals surface area contributed by atoms with Gasteiger partial charge in [0.2, 0.25) is 11.8 Å². The molecular formula is C36H44FN3O3. The summed E-state index contributed by atoms with van der Waals surface area (Å²) in [6, 6.07) is 20.6. The second kappa shape index (κ2) is 13.0. The number of hydrogen-bond acceptors (Lipinski definition) is 3. The molecule has 0 radical (unpaired) electrons. The molecule has 7 rings (SSSR count). The van der Waals surface area contributed by atoms with Crippen LogP contribution in [0, 0.1) is 29.0 Å². The van der Waals surface area contributed by atoms with Crippen molar-refractivity contribution in [2.45, 2.75) is 64.6 Å². The minimum atomic E-state index is -0.295. The first-order valence-corrected chi connectivity index (χ1v) is 15.9. The number of carbonyl (C=O) groups excluding carboxylic acids is 2. The summed E-state index contributed by atoms with van der Waals surface area (Å²) in [7, 11) is 1.68. The van der Waals surface area contributed by atoms with E-state index in [1.165, 1.54) is 31.4 Å². The Labute approximate surface area is 254 Å². The first-order valence-electron chi connectivity index (χ1n) is 15.9. The summed E-state index contributed by atoms with van der Waals surface area (Å²) in [6.07, 6.45) is 9.48. The van der Waals surface area contributed by atoms with Gasteiger partial charge in [0.25, 0.3) is 0 Å². The van der Waals surface area contributed by atoms with Gasteiger partial charge >= 0.3 is 0 Å². The molecule has 2 aromatic carbocycles. The molecule has 228 valence electrons. The van der Waals surface area contributed by atoms with E-state index < -0.39 is 0 Å². The molecule has 0 aliphatic heterocycles. The minimum Gasteiger partial charge on any atom is -0.385 e. The largest absolute Gasteiger partial charge is 0.385 e. The summed E-state index contributed by atoms with van der Waals surface area (Å²) >= 11 is 0. The zero-order chi connectivity index (χ0) is 29.8. The van der Waals surface area contributed by atoms with E-state index in [9.17, 15) is 14.0 Å². The van der Waals surface area contributed by atoms with Crippen LogP contribution in [0.1, 0.15) is 61.8 Å². The molecule has 3 aromatic rings. The van der Waals surface area contributed by atoms with E-state index in [0.29, 0.717) is 57.0 Å². The molecule has 4 saturated carbocycles. The molecule has 1 aromatic heterocycles. The van der Waals surface area contributed by atoms with Crippen molar-refractivity contribution in [2.75, 3.05) is 26.8 Å². The molecule has 7 heteroatoms. The lowest BCUT2D eigenvalue weighted by atomic mass is 9.49. The molecule has 4 fully saturated rings. The Morgan fingerprint density at radius 2 is 1.53 bits per heavy atom. The van der Waals surface area contributed by atoms with Gasteiger partial charge in [-0.3, -0.25) is 9.59 Å². The van der Waals surface area contributed by atoms with E-state index in [1.54, 1.807) is 19.2 Å². The van der Waals surface area contributed by atoms with Crippen molar-refractivity contribution in [3.8, 4) is 0 Å². The van der Waals surface area contributed by atoms with Gasteiger partial charge in [-0.1, -0.05) is 42.5 Å². The highest BCUT2D eigenvalue weighted by molar-refractivity contribution is 5.88. The quantitative estimate of drug-likeness (QED) is 0.222. The van der Waals surface area contributed by atoms with Crippen LogP contribution in [0.5, 0.6) is 0 Å². The highest BCUT2D eigenvalue weighted by atomic mass is 19.1. The van der Waals surface area contributed by atoms with Crippen LogP contribution >= 0.6 is 0 Å². The molecule has 4 bridgehead atoms. The van der Waals surface area contributed by atoms with Crippen molar-refractivity contribution in [1.29, 1.82) is 0 Å². The number of benzene rings is 2. The summed E-state index contributed by atoms with van der Waals surface area (Å²) in [6.45, 7) is 2.63. The number of hydrogen-bond donors (Lipinski definition) is 0. The van der Waals surface area contributed by atoms with Crippen molar-refractivity contribution in [1.82, 2.24) is 14.4 Å². The zero-order valence-electron chi connectivity index (χ0n) is 25.3. The third-order valence-corrected chi connectivity index (χ3v) is 9.99. The van der Waals surface area contributed by atoms with Crippen LogP contribution in [0.15, 0.2) is 72.9 Å². The minimum absolute atomic E-state index is 0.0473. The Kier molecular flexibility index (Phi) is 8.98. The van der Waals surface area contributed by atoms with Crippen molar-refractivity contribution in [3.63, 3.8) is 0 Å². The Bertz CT molecular complexity index is 1350. The van der Waals surface area contributed by atoms with E-state index in [1.807, 2.05) is 58.5 Å². The smallest absolute Gasteiger partial charge is 0.242 e. The number of aromatic nitrogens is 1. The van der Waals surface area contributed by atoms with Gasteiger partial charge in [-0.05, 0) is 98.1 Å². The monoisotopic (exact) mass is 585 g/mol. The van der Waals surface area contributed by atoms with Gasteiger partial charge in [0.05, 0.1) is 18.5 Å². The lowest BCUT2D eigenvalue weighted by Crippen LogP contribution is -2.56. The zero-order valence-corrected chi connectivity index (χ0v) is 25.3. The fourth-order valence-electron chi connectivity index (χ4n) is 8.39. The van der Waals surface area contributed by atoms with Gasteiger partial charge in [0.15, 0.2) is 0 Å². The molecule has 0 N–H and O–H groups in total. The second-order valence-electron chi connectivity index (χ2n) is 13.3. The molecule has 2 amide bonds. The van der Waals surface area contributed by atoms with Crippen molar-refractivity contribution in [3.05, 3.63) is 95.6 Å². The number of rotatable bonds is 13. The molecule has 0 unspecified atom stereocenters. The van der Waals surface area contributed by atoms with Crippen LogP contribution < -0.4 is 0 Å². The molecule has 43 heavy (non-hydrogen) atoms. The summed E-state index contributed by atoms with van der Waals surface area (Å²) in [5, 5.41) is 0. The highest BCUT2D eigenvalue weighted by Gasteiger charge is 2.55. The highest BCUT2D eigenvalue weighted by Crippen LogP contribution is 2.60. The number of halogens is 1. The molecule has 0 spiro atoms. The van der Waals surface area contributed by atoms with E-state index >= 15 is 0 Å². The average Bonchev–Trinajstić information content (AvgIpc) is 3.43. The molecule has 6 nitrogen and oxygen atoms in total. The maximum absolute atomic E-state index is 14.4. The maximum atomic E-state index is 14.4. The number of nitrogens with zero attached hydrogens (tertiary/aromatic N) is 3. The molecule has 1 heterocycles. The Hall–Kier alpha value is -3.45. The number of carbonyl (C=O) groups is 2. The number of methoxy groups -OCH3 is 1. The molecule has 0 atom stereocenters. The topological polar surface area (TPSA) is 54.8 Å². The number of ether oxygens (including phenoxy) is 1. The van der Waals surface area contributed by atoms with Crippen LogP contribution in [0.2, 0.25) is 0 Å². The van der Waals surface area contributed by atoms with Gasteiger partial charge in [-0.2, -0.15) is 0 Å². The standard InChI is InChI=1S/C36H44FN3O3/c1-43-16-6-15-39(35(42)36-20-29-17-30(21-36)19-31(18-29)22-36)26-34(41)40(24-27-7-3-2-4-8-27)25-33-9-5-14-38(33)23-28-10-12-32(37)13-11-28/h2-5,7-14,29-31H,6,15-26H2,1H3. The molecule has 4 aliphatic rings. The number of amides is 2. The van der Waals surface area contributed by atoms with Crippen molar-refractivity contribution < 1.29 is 18.7 Å². The van der Waals surface area contributed by atoms with E-state index in [2.05, 4.69) is 4.57 Å². The second-order valence-corrected chi connectivity index (χ2v) is 13.3. The normalized spacial score (nSPS) is 23.8. The molecule has 4 aliphatic carbocycles. The Morgan fingerprint density at radius 3 is 2.19 bits per heavy atom. The van der Waals surface area contributed by atoms with Crippen LogP contribution in [0.25, 0.3) is 0 Å². The fourth-order valence-corrected chi connectivity index (χ4v) is 8.39.